The maximum Gasteiger partial charge on any atom is 0.270 e. The number of anilines is 1. The highest BCUT2D eigenvalue weighted by Gasteiger charge is 2.29. The molecule has 0 bridgehead atoms. The van der Waals surface area contributed by atoms with Crippen molar-refractivity contribution in [2.75, 3.05) is 64.9 Å². The lowest BCUT2D eigenvalue weighted by molar-refractivity contribution is -0.131. The molecule has 264 valence electrons. The van der Waals surface area contributed by atoms with Gasteiger partial charge < -0.3 is 34.6 Å². The van der Waals surface area contributed by atoms with E-state index in [-0.39, 0.29) is 31.0 Å². The molecule has 2 amide bonds. The van der Waals surface area contributed by atoms with Gasteiger partial charge >= 0.3 is 0 Å². The van der Waals surface area contributed by atoms with Crippen molar-refractivity contribution >= 4 is 34.0 Å². The summed E-state index contributed by atoms with van der Waals surface area (Å²) in [5.74, 6) is 0.397. The summed E-state index contributed by atoms with van der Waals surface area (Å²) < 4.78 is 27.9. The second-order valence-electron chi connectivity index (χ2n) is 12.5. The molecule has 51 heavy (non-hydrogen) atoms. The lowest BCUT2D eigenvalue weighted by Crippen LogP contribution is -2.49. The standard InChI is InChI=1S/C37H38FN9O4.H2/c1-50-32-7-9-40-22-29(32)27-19-26(25-4-3-11-46(23-25)34(48)8-12-47-13-10-41-43-47)35(38)36-28(27)20-30(42-36)37(49)45-16-14-44(15-17-45)31-6-5-24(21-39)18-33(31)51-2;/h4-7,9-10,13,18-20,22,41-43H,3,8,11-12,14-17,23H2,1-2H3;1H. The number of nitriles is 1. The van der Waals surface area contributed by atoms with Crippen LogP contribution in [-0.2, 0) is 4.79 Å². The number of methoxy groups -OCH3 is 2. The van der Waals surface area contributed by atoms with E-state index >= 15 is 4.39 Å². The van der Waals surface area contributed by atoms with Gasteiger partial charge in [-0.2, -0.15) is 5.26 Å². The third kappa shape index (κ3) is 6.63. The van der Waals surface area contributed by atoms with Crippen molar-refractivity contribution in [3.8, 4) is 28.7 Å². The number of benzene rings is 2. The van der Waals surface area contributed by atoms with Crippen molar-refractivity contribution in [2.24, 2.45) is 0 Å². The Hall–Kier alpha value is -6.07. The van der Waals surface area contributed by atoms with Gasteiger partial charge in [0.05, 0.1) is 37.1 Å². The quantitative estimate of drug-likeness (QED) is 0.233. The van der Waals surface area contributed by atoms with Gasteiger partial charge in [-0.15, -0.1) is 5.53 Å². The number of aromatic nitrogens is 2. The first-order chi connectivity index (χ1) is 24.9. The van der Waals surface area contributed by atoms with Crippen LogP contribution >= 0.6 is 0 Å². The maximum atomic E-state index is 16.7. The van der Waals surface area contributed by atoms with Gasteiger partial charge in [-0.1, -0.05) is 6.08 Å². The van der Waals surface area contributed by atoms with Crippen LogP contribution in [0.25, 0.3) is 27.6 Å². The summed E-state index contributed by atoms with van der Waals surface area (Å²) in [5.41, 5.74) is 9.96. The van der Waals surface area contributed by atoms with Crippen LogP contribution in [0, 0.1) is 17.1 Å². The number of carbonyl (C=O) groups is 2. The van der Waals surface area contributed by atoms with E-state index in [0.717, 1.165) is 5.69 Å². The molecule has 3 N–H and O–H groups in total. The maximum absolute atomic E-state index is 16.7. The normalized spacial score (nSPS) is 15.8. The Bertz CT molecular complexity index is 2090. The minimum absolute atomic E-state index is 0. The highest BCUT2D eigenvalue weighted by molar-refractivity contribution is 6.05. The molecule has 0 radical (unpaired) electrons. The molecular formula is C37H40FN9O4. The number of pyridine rings is 1. The molecule has 13 nitrogen and oxygen atoms in total. The van der Waals surface area contributed by atoms with Crippen LogP contribution in [0.4, 0.5) is 10.1 Å². The van der Waals surface area contributed by atoms with E-state index < -0.39 is 5.82 Å². The smallest absolute Gasteiger partial charge is 0.270 e. The van der Waals surface area contributed by atoms with E-state index in [2.05, 4.69) is 31.9 Å². The Morgan fingerprint density at radius 2 is 1.82 bits per heavy atom. The third-order valence-electron chi connectivity index (χ3n) is 9.55. The molecule has 0 unspecified atom stereocenters. The summed E-state index contributed by atoms with van der Waals surface area (Å²) in [6, 6.07) is 12.7. The zero-order valence-corrected chi connectivity index (χ0v) is 28.4. The fourth-order valence-electron chi connectivity index (χ4n) is 6.86. The van der Waals surface area contributed by atoms with E-state index in [0.29, 0.717) is 96.8 Å². The minimum atomic E-state index is -0.494. The van der Waals surface area contributed by atoms with Gasteiger partial charge in [0, 0.05) is 101 Å². The molecule has 0 spiro atoms. The molecule has 5 heterocycles. The lowest BCUT2D eigenvalue weighted by Gasteiger charge is -2.36. The van der Waals surface area contributed by atoms with Gasteiger partial charge in [0.15, 0.2) is 5.82 Å². The minimum Gasteiger partial charge on any atom is -0.496 e. The van der Waals surface area contributed by atoms with Gasteiger partial charge in [0.2, 0.25) is 5.91 Å². The van der Waals surface area contributed by atoms with Crippen LogP contribution in [0.5, 0.6) is 11.5 Å². The van der Waals surface area contributed by atoms with Gasteiger partial charge in [-0.05, 0) is 47.9 Å². The first-order valence-corrected chi connectivity index (χ1v) is 16.8. The molecule has 3 aliphatic heterocycles. The van der Waals surface area contributed by atoms with Crippen molar-refractivity contribution < 1.29 is 24.9 Å². The molecular weight excluding hydrogens is 653 g/mol. The molecule has 2 aromatic carbocycles. The predicted molar refractivity (Wildman–Crippen MR) is 192 cm³/mol. The van der Waals surface area contributed by atoms with E-state index in [1.165, 1.54) is 0 Å². The second kappa shape index (κ2) is 14.4. The zero-order chi connectivity index (χ0) is 35.5. The lowest BCUT2D eigenvalue weighted by atomic mass is 9.93. The molecule has 4 aromatic rings. The predicted octanol–water partition coefficient (Wildman–Crippen LogP) is 4.27. The molecule has 2 aromatic heterocycles. The molecule has 7 rings (SSSR count). The number of hydrogen-bond acceptors (Lipinski definition) is 10. The third-order valence-corrected chi connectivity index (χ3v) is 9.55. The number of nitrogens with one attached hydrogen (secondary N) is 3. The molecule has 0 saturated carbocycles. The van der Waals surface area contributed by atoms with Crippen LogP contribution in [-0.4, -0.2) is 96.6 Å². The number of piperazine rings is 1. The Kier molecular flexibility index (Phi) is 9.45. The zero-order valence-electron chi connectivity index (χ0n) is 28.4. The largest absolute Gasteiger partial charge is 0.496 e. The van der Waals surface area contributed by atoms with E-state index in [1.807, 2.05) is 18.3 Å². The summed E-state index contributed by atoms with van der Waals surface area (Å²) in [7, 11) is 3.14. The average molecular weight is 694 g/mol. The summed E-state index contributed by atoms with van der Waals surface area (Å²) >= 11 is 0. The van der Waals surface area contributed by atoms with E-state index in [4.69, 9.17) is 9.47 Å². The highest BCUT2D eigenvalue weighted by atomic mass is 19.1. The molecule has 14 heteroatoms. The van der Waals surface area contributed by atoms with Gasteiger partial charge in [0.25, 0.3) is 5.91 Å². The fraction of sp³-hybridized carbons (Fsp3) is 0.297. The molecule has 0 aliphatic carbocycles. The van der Waals surface area contributed by atoms with Crippen LogP contribution in [0.15, 0.2) is 67.3 Å². The number of halogens is 1. The van der Waals surface area contributed by atoms with E-state index in [9.17, 15) is 14.9 Å². The molecule has 3 aliphatic rings. The SMILES string of the molecule is COc1ccncc1-c1cc(C2=CCCN(C(=O)CCN3C=CNN3)C2)c(F)c2[nH]c(C(=O)N3CCN(c4ccc(C#N)cc4OC)CC3)cc12.[HH]. The second-order valence-corrected chi connectivity index (χ2v) is 12.5. The monoisotopic (exact) mass is 693 g/mol. The van der Waals surface area contributed by atoms with Crippen LogP contribution in [0.2, 0.25) is 0 Å². The van der Waals surface area contributed by atoms with Gasteiger partial charge in [-0.25, -0.2) is 4.39 Å². The van der Waals surface area contributed by atoms with Crippen molar-refractivity contribution in [1.29, 1.82) is 5.26 Å². The number of fused-ring (bicyclic) bond motifs is 1. The van der Waals surface area contributed by atoms with Crippen LogP contribution in [0.1, 0.15) is 35.9 Å². The Labute approximate surface area is 296 Å². The fourth-order valence-corrected chi connectivity index (χ4v) is 6.86. The van der Waals surface area contributed by atoms with Crippen molar-refractivity contribution in [3.63, 3.8) is 0 Å². The Morgan fingerprint density at radius 3 is 2.57 bits per heavy atom. The Balaban J connectivity index is 0.00000464. The van der Waals surface area contributed by atoms with Gasteiger partial charge in [-0.3, -0.25) is 19.6 Å². The van der Waals surface area contributed by atoms with Crippen molar-refractivity contribution in [2.45, 2.75) is 12.8 Å². The summed E-state index contributed by atoms with van der Waals surface area (Å²) in [6.07, 6.45) is 9.71. The topological polar surface area (TPSA) is 142 Å². The summed E-state index contributed by atoms with van der Waals surface area (Å²) in [5, 5.41) is 11.6. The number of aromatic amines is 1. The highest BCUT2D eigenvalue weighted by Crippen LogP contribution is 2.40. The van der Waals surface area contributed by atoms with E-state index in [1.54, 1.807) is 78.0 Å². The van der Waals surface area contributed by atoms with Gasteiger partial charge in [0.1, 0.15) is 17.2 Å². The number of amides is 2. The number of carbonyl (C=O) groups excluding carboxylic acids is 2. The molecule has 0 atom stereocenters. The molecule has 1 saturated heterocycles. The number of ether oxygens (including phenoxy) is 2. The van der Waals surface area contributed by atoms with Crippen molar-refractivity contribution in [3.05, 3.63) is 89.9 Å². The number of hydrogen-bond donors (Lipinski definition) is 3. The summed E-state index contributed by atoms with van der Waals surface area (Å²) in [6.45, 7) is 3.27. The first kappa shape index (κ1) is 33.4. The summed E-state index contributed by atoms with van der Waals surface area (Å²) in [4.78, 5) is 40.2. The number of H-pyrrole nitrogens is 1. The van der Waals surface area contributed by atoms with Crippen LogP contribution in [0.3, 0.4) is 0 Å². The number of nitrogens with zero attached hydrogens (tertiary/aromatic N) is 6. The van der Waals surface area contributed by atoms with Crippen molar-refractivity contribution in [1.82, 2.24) is 35.7 Å². The number of rotatable bonds is 9. The van der Waals surface area contributed by atoms with Crippen LogP contribution < -0.4 is 25.3 Å². The number of hydrazine groups is 2. The first-order valence-electron chi connectivity index (χ1n) is 16.8. The average Bonchev–Trinajstić information content (AvgIpc) is 3.88. The molecule has 1 fully saturated rings. The Morgan fingerprint density at radius 1 is 1.00 bits per heavy atom.